The molecule has 2 aromatic heterocycles. The molecule has 1 saturated carbocycles. The molecule has 4 heterocycles. The van der Waals surface area contributed by atoms with Crippen molar-refractivity contribution < 1.29 is 28.9 Å². The second kappa shape index (κ2) is 16.2. The van der Waals surface area contributed by atoms with E-state index in [2.05, 4.69) is 67.6 Å². The third-order valence-corrected chi connectivity index (χ3v) is 11.3. The highest BCUT2D eigenvalue weighted by atomic mass is 17.2. The van der Waals surface area contributed by atoms with Crippen molar-refractivity contribution in [2.24, 2.45) is 16.8 Å². The van der Waals surface area contributed by atoms with Crippen LogP contribution in [0.4, 0.5) is 4.79 Å². The number of H-pyrrole nitrogens is 2. The summed E-state index contributed by atoms with van der Waals surface area (Å²) in [6.45, 7) is 9.05. The van der Waals surface area contributed by atoms with E-state index >= 15 is 0 Å². The van der Waals surface area contributed by atoms with Crippen LogP contribution in [-0.2, 0) is 24.1 Å². The minimum atomic E-state index is -0.673. The molecule has 2 aromatic carbocycles. The number of nitrogens with zero attached hydrogens (tertiary/aromatic N) is 5. The second-order valence-corrected chi connectivity index (χ2v) is 15.6. The molecule has 0 unspecified atom stereocenters. The highest BCUT2D eigenvalue weighted by molar-refractivity contribution is 5.87. The van der Waals surface area contributed by atoms with Crippen LogP contribution in [0.5, 0.6) is 0 Å². The van der Waals surface area contributed by atoms with E-state index in [1.165, 1.54) is 31.7 Å². The summed E-state index contributed by atoms with van der Waals surface area (Å²) in [4.78, 5) is 73.3. The molecule has 3 fully saturated rings. The van der Waals surface area contributed by atoms with Gasteiger partial charge >= 0.3 is 6.09 Å². The predicted molar refractivity (Wildman–Crippen MR) is 207 cm³/mol. The van der Waals surface area contributed by atoms with Gasteiger partial charge in [-0.2, -0.15) is 4.89 Å². The highest BCUT2D eigenvalue weighted by Gasteiger charge is 2.41. The molecular weight excluding hydrogens is 701 g/mol. The van der Waals surface area contributed by atoms with E-state index < -0.39 is 18.2 Å². The number of fused-ring (bicyclic) bond motifs is 1. The maximum absolute atomic E-state index is 13.6. The number of hydrogen-bond acceptors (Lipinski definition) is 9. The zero-order valence-electron chi connectivity index (χ0n) is 32.5. The Morgan fingerprint density at radius 3 is 2.22 bits per heavy atom. The number of aliphatic imine (C=N–C) groups is 1. The number of rotatable bonds is 13. The molecule has 3 aliphatic rings. The Balaban J connectivity index is 0.999. The van der Waals surface area contributed by atoms with E-state index in [0.717, 1.165) is 66.0 Å². The lowest BCUT2D eigenvalue weighted by atomic mass is 10.0. The van der Waals surface area contributed by atoms with Gasteiger partial charge in [-0.05, 0) is 84.6 Å². The molecule has 3 amide bonds. The Bertz CT molecular complexity index is 2020. The number of carbonyl (C=O) groups excluding carboxylic acids is 3. The van der Waals surface area contributed by atoms with Gasteiger partial charge in [0.05, 0.1) is 49.2 Å². The number of methoxy groups -OCH3 is 1. The van der Waals surface area contributed by atoms with E-state index in [9.17, 15) is 14.4 Å². The Kier molecular flexibility index (Phi) is 11.2. The first-order chi connectivity index (χ1) is 26.6. The zero-order chi connectivity index (χ0) is 38.8. The number of aromatic nitrogens is 4. The van der Waals surface area contributed by atoms with Crippen molar-refractivity contribution in [1.29, 1.82) is 0 Å². The summed E-state index contributed by atoms with van der Waals surface area (Å²) in [5.41, 5.74) is 6.37. The van der Waals surface area contributed by atoms with Crippen molar-refractivity contribution in [1.82, 2.24) is 35.1 Å². The fourth-order valence-electron chi connectivity index (χ4n) is 8.26. The molecule has 0 bridgehead atoms. The fraction of sp³-hybridized carbons (Fsp3) is 0.512. The van der Waals surface area contributed by atoms with Crippen molar-refractivity contribution in [3.63, 3.8) is 0 Å². The van der Waals surface area contributed by atoms with E-state index in [1.54, 1.807) is 0 Å². The van der Waals surface area contributed by atoms with Gasteiger partial charge in [0.1, 0.15) is 23.7 Å². The molecule has 4 aromatic rings. The topological polar surface area (TPSA) is 167 Å². The summed E-state index contributed by atoms with van der Waals surface area (Å²) in [5, 5.41) is 2.72. The van der Waals surface area contributed by atoms with Crippen molar-refractivity contribution in [2.75, 3.05) is 27.3 Å². The summed E-state index contributed by atoms with van der Waals surface area (Å²) < 4.78 is 4.78. The van der Waals surface area contributed by atoms with Crippen LogP contribution in [0.1, 0.15) is 106 Å². The summed E-state index contributed by atoms with van der Waals surface area (Å²) in [5.74, 6) is 2.14. The lowest BCUT2D eigenvalue weighted by molar-refractivity contribution is -0.188. The SMILES string of the molecule is COOC=N[C@H](C(=O)N1CCC[C@H]1c1ncc(-c2ccc([C@@H]3C[C@H]3c3ccc4nc([C@@H]5CCCN5C(=O)[C@@H](NC(=O)OC)C(C)C)[nH]c4c3)cc2)[nH]1)C(C)C. The first kappa shape index (κ1) is 38.1. The van der Waals surface area contributed by atoms with Gasteiger partial charge in [-0.3, -0.25) is 9.59 Å². The lowest BCUT2D eigenvalue weighted by Gasteiger charge is -2.29. The third kappa shape index (κ3) is 7.96. The molecule has 2 aliphatic heterocycles. The molecule has 3 N–H and O–H groups in total. The van der Waals surface area contributed by atoms with E-state index in [0.29, 0.717) is 24.9 Å². The molecule has 0 radical (unpaired) electrons. The van der Waals surface area contributed by atoms with E-state index in [4.69, 9.17) is 19.6 Å². The minimum Gasteiger partial charge on any atom is -0.453 e. The second-order valence-electron chi connectivity index (χ2n) is 15.6. The van der Waals surface area contributed by atoms with Gasteiger partial charge in [0.2, 0.25) is 18.2 Å². The smallest absolute Gasteiger partial charge is 0.407 e. The number of nitrogens with one attached hydrogen (secondary N) is 3. The Morgan fingerprint density at radius 2 is 1.55 bits per heavy atom. The highest BCUT2D eigenvalue weighted by Crippen LogP contribution is 2.55. The predicted octanol–water partition coefficient (Wildman–Crippen LogP) is 6.56. The van der Waals surface area contributed by atoms with Gasteiger partial charge in [-0.15, -0.1) is 0 Å². The van der Waals surface area contributed by atoms with Gasteiger partial charge in [-0.1, -0.05) is 58.0 Å². The van der Waals surface area contributed by atoms with Gasteiger partial charge in [-0.25, -0.2) is 19.8 Å². The molecule has 14 heteroatoms. The molecule has 55 heavy (non-hydrogen) atoms. The van der Waals surface area contributed by atoms with Gasteiger partial charge in [0, 0.05) is 13.1 Å². The third-order valence-electron chi connectivity index (χ3n) is 11.3. The summed E-state index contributed by atoms with van der Waals surface area (Å²) in [7, 11) is 2.70. The summed E-state index contributed by atoms with van der Waals surface area (Å²) >= 11 is 0. The van der Waals surface area contributed by atoms with Crippen LogP contribution >= 0.6 is 0 Å². The normalized spacial score (nSPS) is 22.2. The van der Waals surface area contributed by atoms with Crippen LogP contribution < -0.4 is 5.32 Å². The number of amides is 3. The van der Waals surface area contributed by atoms with Crippen molar-refractivity contribution in [3.8, 4) is 11.3 Å². The van der Waals surface area contributed by atoms with Crippen LogP contribution in [0.25, 0.3) is 22.3 Å². The van der Waals surface area contributed by atoms with Crippen LogP contribution in [-0.4, -0.2) is 93.4 Å². The number of imidazole rings is 2. The zero-order valence-corrected chi connectivity index (χ0v) is 32.5. The largest absolute Gasteiger partial charge is 0.453 e. The first-order valence-corrected chi connectivity index (χ1v) is 19.4. The number of hydrogen-bond donors (Lipinski definition) is 3. The van der Waals surface area contributed by atoms with E-state index in [-0.39, 0.29) is 35.7 Å². The number of likely N-dealkylation sites (tertiary alicyclic amines) is 2. The van der Waals surface area contributed by atoms with Crippen LogP contribution in [0, 0.1) is 11.8 Å². The standard InChI is InChI=1S/C41H52N8O6/c1-23(2)35(43-22-55-54-6)39(50)48-17-7-9-33(48)37-42-21-32(46-37)26-13-11-25(12-14-26)28-20-29(28)27-15-16-30-31(19-27)45-38(44-30)34-10-8-18-49(34)40(51)36(24(3)4)47-41(52)53-5/h11-16,19,21-24,28-29,33-36H,7-10,17-18,20H2,1-6H3,(H,42,46)(H,44,45)(H,47,52)/t28-,29-,33-,34-,35-,36-/m0/s1. The van der Waals surface area contributed by atoms with Crippen molar-refractivity contribution >= 4 is 35.3 Å². The average Bonchev–Trinajstić information content (AvgIpc) is 3.69. The average molecular weight is 753 g/mol. The Labute approximate surface area is 321 Å². The maximum Gasteiger partial charge on any atom is 0.407 e. The number of alkyl carbamates (subject to hydrolysis) is 1. The minimum absolute atomic E-state index is 0.00194. The molecule has 2 saturated heterocycles. The van der Waals surface area contributed by atoms with Crippen LogP contribution in [0.15, 0.2) is 53.7 Å². The van der Waals surface area contributed by atoms with Gasteiger partial charge in [0.25, 0.3) is 0 Å². The van der Waals surface area contributed by atoms with Crippen molar-refractivity contribution in [2.45, 2.75) is 95.8 Å². The number of benzene rings is 2. The summed E-state index contributed by atoms with van der Waals surface area (Å²) in [6, 6.07) is 13.6. The monoisotopic (exact) mass is 752 g/mol. The van der Waals surface area contributed by atoms with Gasteiger partial charge < -0.3 is 34.7 Å². The fourth-order valence-corrected chi connectivity index (χ4v) is 8.26. The van der Waals surface area contributed by atoms with Gasteiger partial charge in [0.15, 0.2) is 0 Å². The van der Waals surface area contributed by atoms with Crippen LogP contribution in [0.3, 0.4) is 0 Å². The molecule has 14 nitrogen and oxygen atoms in total. The molecule has 292 valence electrons. The maximum atomic E-state index is 13.6. The summed E-state index contributed by atoms with van der Waals surface area (Å²) in [6.07, 6.45) is 6.91. The number of carbonyl (C=O) groups is 3. The lowest BCUT2D eigenvalue weighted by Crippen LogP contribution is -2.51. The Hall–Kier alpha value is -5.24. The first-order valence-electron chi connectivity index (χ1n) is 19.4. The van der Waals surface area contributed by atoms with Crippen LogP contribution in [0.2, 0.25) is 0 Å². The molecule has 1 aliphatic carbocycles. The molecular formula is C41H52N8O6. The number of aromatic amines is 2. The van der Waals surface area contributed by atoms with E-state index in [1.807, 2.05) is 43.7 Å². The molecule has 6 atom stereocenters. The quantitative estimate of drug-likeness (QED) is 0.0598. The van der Waals surface area contributed by atoms with Crippen molar-refractivity contribution in [3.05, 3.63) is 71.4 Å². The molecule has 0 spiro atoms. The molecule has 7 rings (SSSR count). The Morgan fingerprint density at radius 1 is 0.873 bits per heavy atom. The number of ether oxygens (including phenoxy) is 1.